The molecule has 2 aromatic carbocycles. The topological polar surface area (TPSA) is 80.2 Å². The summed E-state index contributed by atoms with van der Waals surface area (Å²) in [5.41, 5.74) is 3.97. The molecule has 7 heteroatoms. The summed E-state index contributed by atoms with van der Waals surface area (Å²) in [5.74, 6) is 0.848. The van der Waals surface area contributed by atoms with Gasteiger partial charge in [-0.1, -0.05) is 24.3 Å². The molecule has 0 aromatic heterocycles. The van der Waals surface area contributed by atoms with Crippen LogP contribution in [0.4, 0.5) is 0 Å². The molecule has 1 saturated heterocycles. The monoisotopic (exact) mass is 395 g/mol. The van der Waals surface area contributed by atoms with E-state index in [1.165, 1.54) is 6.21 Å². The molecule has 1 N–H and O–H groups in total. The summed E-state index contributed by atoms with van der Waals surface area (Å²) in [6.45, 7) is 1.11. The molecule has 1 aliphatic rings. The van der Waals surface area contributed by atoms with E-state index in [4.69, 9.17) is 9.47 Å². The van der Waals surface area contributed by atoms with Gasteiger partial charge in [-0.25, -0.2) is 5.43 Å². The molecule has 2 amide bonds. The lowest BCUT2D eigenvalue weighted by molar-refractivity contribution is -0.126. The molecule has 0 aliphatic carbocycles. The Kier molecular flexibility index (Phi) is 6.84. The molecule has 29 heavy (non-hydrogen) atoms. The third kappa shape index (κ3) is 4.93. The van der Waals surface area contributed by atoms with Crippen molar-refractivity contribution in [2.45, 2.75) is 12.8 Å². The van der Waals surface area contributed by atoms with Gasteiger partial charge in [-0.15, -0.1) is 0 Å². The van der Waals surface area contributed by atoms with Crippen molar-refractivity contribution in [3.05, 3.63) is 59.7 Å². The van der Waals surface area contributed by atoms with Crippen LogP contribution in [0.5, 0.6) is 11.5 Å². The lowest BCUT2D eigenvalue weighted by atomic mass is 9.95. The van der Waals surface area contributed by atoms with Gasteiger partial charge in [-0.2, -0.15) is 5.10 Å². The van der Waals surface area contributed by atoms with Crippen LogP contribution in [0.2, 0.25) is 0 Å². The van der Waals surface area contributed by atoms with Crippen molar-refractivity contribution in [2.24, 2.45) is 11.0 Å². The second kappa shape index (κ2) is 9.73. The van der Waals surface area contributed by atoms with Gasteiger partial charge in [0.05, 0.1) is 20.4 Å². The highest BCUT2D eigenvalue weighted by Gasteiger charge is 2.27. The quantitative estimate of drug-likeness (QED) is 0.602. The predicted octanol–water partition coefficient (Wildman–Crippen LogP) is 2.71. The predicted molar refractivity (Wildman–Crippen MR) is 110 cm³/mol. The Morgan fingerprint density at radius 2 is 1.76 bits per heavy atom. The largest absolute Gasteiger partial charge is 0.493 e. The van der Waals surface area contributed by atoms with Crippen LogP contribution in [-0.2, 0) is 4.79 Å². The standard InChI is InChI=1S/C22H25N3O4/c1-28-19-10-6-9-18(20(19)29-2)15-23-24-21(26)16-11-13-25(14-12-16)22(27)17-7-4-3-5-8-17/h3-10,15-16H,11-14H2,1-2H3,(H,24,26)/b23-15-. The van der Waals surface area contributed by atoms with Gasteiger partial charge in [0.15, 0.2) is 11.5 Å². The Morgan fingerprint density at radius 3 is 2.41 bits per heavy atom. The molecule has 0 spiro atoms. The maximum Gasteiger partial charge on any atom is 0.253 e. The number of benzene rings is 2. The van der Waals surface area contributed by atoms with Crippen LogP contribution in [0, 0.1) is 5.92 Å². The van der Waals surface area contributed by atoms with Crippen molar-refractivity contribution in [1.82, 2.24) is 10.3 Å². The molecule has 1 aliphatic heterocycles. The van der Waals surface area contributed by atoms with Crippen LogP contribution in [0.25, 0.3) is 0 Å². The summed E-state index contributed by atoms with van der Waals surface area (Å²) in [5, 5.41) is 4.06. The summed E-state index contributed by atoms with van der Waals surface area (Å²) < 4.78 is 10.6. The number of hydrogen-bond acceptors (Lipinski definition) is 5. The minimum absolute atomic E-state index is 0.00704. The third-order valence-corrected chi connectivity index (χ3v) is 4.99. The highest BCUT2D eigenvalue weighted by Crippen LogP contribution is 2.29. The van der Waals surface area contributed by atoms with Crippen molar-refractivity contribution in [3.8, 4) is 11.5 Å². The molecule has 1 fully saturated rings. The average Bonchev–Trinajstić information content (AvgIpc) is 2.78. The number of hydrazone groups is 1. The number of hydrogen-bond donors (Lipinski definition) is 1. The van der Waals surface area contributed by atoms with Gasteiger partial charge in [0.1, 0.15) is 0 Å². The third-order valence-electron chi connectivity index (χ3n) is 4.99. The van der Waals surface area contributed by atoms with E-state index in [2.05, 4.69) is 10.5 Å². The number of rotatable bonds is 6. The summed E-state index contributed by atoms with van der Waals surface area (Å²) in [6, 6.07) is 14.6. The highest BCUT2D eigenvalue weighted by molar-refractivity contribution is 5.94. The fourth-order valence-corrected chi connectivity index (χ4v) is 3.38. The van der Waals surface area contributed by atoms with E-state index in [0.29, 0.717) is 48.6 Å². The fourth-order valence-electron chi connectivity index (χ4n) is 3.38. The number of likely N-dealkylation sites (tertiary alicyclic amines) is 1. The first-order valence-electron chi connectivity index (χ1n) is 9.52. The molecule has 3 rings (SSSR count). The van der Waals surface area contributed by atoms with Crippen LogP contribution in [0.3, 0.4) is 0 Å². The summed E-state index contributed by atoms with van der Waals surface area (Å²) >= 11 is 0. The van der Waals surface area contributed by atoms with Gasteiger partial charge in [-0.3, -0.25) is 9.59 Å². The summed E-state index contributed by atoms with van der Waals surface area (Å²) in [4.78, 5) is 26.7. The van der Waals surface area contributed by atoms with Gasteiger partial charge in [0, 0.05) is 30.1 Å². The first-order chi connectivity index (χ1) is 14.1. The lowest BCUT2D eigenvalue weighted by Crippen LogP contribution is -2.42. The first-order valence-corrected chi connectivity index (χ1v) is 9.52. The zero-order valence-electron chi connectivity index (χ0n) is 16.6. The Balaban J connectivity index is 1.53. The number of piperidine rings is 1. The molecule has 0 radical (unpaired) electrons. The zero-order chi connectivity index (χ0) is 20.6. The van der Waals surface area contributed by atoms with E-state index < -0.39 is 0 Å². The Labute approximate surface area is 170 Å². The molecule has 0 atom stereocenters. The minimum atomic E-state index is -0.167. The molecule has 2 aromatic rings. The van der Waals surface area contributed by atoms with E-state index >= 15 is 0 Å². The molecule has 0 unspecified atom stereocenters. The number of nitrogens with zero attached hydrogens (tertiary/aromatic N) is 2. The number of carbonyl (C=O) groups is 2. The Bertz CT molecular complexity index is 875. The lowest BCUT2D eigenvalue weighted by Gasteiger charge is -2.31. The smallest absolute Gasteiger partial charge is 0.253 e. The number of para-hydroxylation sites is 1. The number of amides is 2. The Hall–Kier alpha value is -3.35. The van der Waals surface area contributed by atoms with Gasteiger partial charge < -0.3 is 14.4 Å². The minimum Gasteiger partial charge on any atom is -0.493 e. The van der Waals surface area contributed by atoms with Crippen molar-refractivity contribution in [2.75, 3.05) is 27.3 Å². The van der Waals surface area contributed by atoms with E-state index in [1.807, 2.05) is 42.5 Å². The maximum atomic E-state index is 12.5. The normalized spacial score (nSPS) is 14.6. The average molecular weight is 395 g/mol. The van der Waals surface area contributed by atoms with Gasteiger partial charge in [0.25, 0.3) is 5.91 Å². The van der Waals surface area contributed by atoms with Gasteiger partial charge in [-0.05, 0) is 37.1 Å². The number of methoxy groups -OCH3 is 2. The summed E-state index contributed by atoms with van der Waals surface area (Å²) in [7, 11) is 3.12. The highest BCUT2D eigenvalue weighted by atomic mass is 16.5. The second-order valence-electron chi connectivity index (χ2n) is 6.75. The van der Waals surface area contributed by atoms with Crippen molar-refractivity contribution in [3.63, 3.8) is 0 Å². The fraction of sp³-hybridized carbons (Fsp3) is 0.318. The number of nitrogens with one attached hydrogen (secondary N) is 1. The van der Waals surface area contributed by atoms with Crippen LogP contribution < -0.4 is 14.9 Å². The zero-order valence-corrected chi connectivity index (χ0v) is 16.6. The molecular weight excluding hydrogens is 370 g/mol. The molecular formula is C22H25N3O4. The van der Waals surface area contributed by atoms with Crippen molar-refractivity contribution < 1.29 is 19.1 Å². The molecule has 0 saturated carbocycles. The maximum absolute atomic E-state index is 12.5. The summed E-state index contributed by atoms with van der Waals surface area (Å²) in [6.07, 6.45) is 2.76. The van der Waals surface area contributed by atoms with Crippen molar-refractivity contribution in [1.29, 1.82) is 0 Å². The Morgan fingerprint density at radius 1 is 1.03 bits per heavy atom. The first kappa shape index (κ1) is 20.4. The molecule has 0 bridgehead atoms. The van der Waals surface area contributed by atoms with E-state index in [1.54, 1.807) is 25.2 Å². The number of ether oxygens (including phenoxy) is 2. The van der Waals surface area contributed by atoms with E-state index in [-0.39, 0.29) is 17.7 Å². The van der Waals surface area contributed by atoms with Gasteiger partial charge >= 0.3 is 0 Å². The van der Waals surface area contributed by atoms with E-state index in [9.17, 15) is 9.59 Å². The molecule has 152 valence electrons. The van der Waals surface area contributed by atoms with Crippen molar-refractivity contribution >= 4 is 18.0 Å². The van der Waals surface area contributed by atoms with Crippen LogP contribution in [0.1, 0.15) is 28.8 Å². The van der Waals surface area contributed by atoms with E-state index in [0.717, 1.165) is 0 Å². The van der Waals surface area contributed by atoms with Gasteiger partial charge in [0.2, 0.25) is 5.91 Å². The number of carbonyl (C=O) groups excluding carboxylic acids is 2. The van der Waals surface area contributed by atoms with Crippen LogP contribution >= 0.6 is 0 Å². The molecule has 7 nitrogen and oxygen atoms in total. The van der Waals surface area contributed by atoms with Crippen LogP contribution in [-0.4, -0.2) is 50.2 Å². The van der Waals surface area contributed by atoms with Crippen LogP contribution in [0.15, 0.2) is 53.6 Å². The SMILES string of the molecule is COc1cccc(/C=N\NC(=O)C2CCN(C(=O)c3ccccc3)CC2)c1OC. The second-order valence-corrected chi connectivity index (χ2v) is 6.75. The molecule has 1 heterocycles.